The van der Waals surface area contributed by atoms with Crippen molar-refractivity contribution < 1.29 is 14.3 Å². The van der Waals surface area contributed by atoms with E-state index >= 15 is 0 Å². The Morgan fingerprint density at radius 1 is 1.10 bits per heavy atom. The Bertz CT molecular complexity index is 798. The fraction of sp³-hybridized carbons (Fsp3) is 0.333. The SMILES string of the molecule is CCOc1cc(NC(=NCc2ccccc2)NCC(=O)N(C)C)ccc1OC.I. The molecule has 0 fully saturated rings. The molecule has 158 valence electrons. The standard InChI is InChI=1S/C21H28N4O3.HI/c1-5-28-19-13-17(11-12-18(19)27-4)24-21(23-15-20(26)25(2)3)22-14-16-9-7-6-8-10-16;/h6-13H,5,14-15H2,1-4H3,(H2,22,23,24);1H. The van der Waals surface area contributed by atoms with Crippen LogP contribution in [0.15, 0.2) is 53.5 Å². The number of rotatable bonds is 8. The van der Waals surface area contributed by atoms with E-state index < -0.39 is 0 Å². The number of nitrogens with zero attached hydrogens (tertiary/aromatic N) is 2. The number of hydrogen-bond acceptors (Lipinski definition) is 4. The number of carbonyl (C=O) groups is 1. The summed E-state index contributed by atoms with van der Waals surface area (Å²) < 4.78 is 10.9. The van der Waals surface area contributed by atoms with Crippen molar-refractivity contribution >= 4 is 41.5 Å². The van der Waals surface area contributed by atoms with Gasteiger partial charge in [-0.1, -0.05) is 30.3 Å². The van der Waals surface area contributed by atoms with Gasteiger partial charge in [-0.3, -0.25) is 4.79 Å². The summed E-state index contributed by atoms with van der Waals surface area (Å²) in [5.74, 6) is 1.76. The third kappa shape index (κ3) is 8.18. The Hall–Kier alpha value is -2.49. The molecule has 0 aliphatic rings. The summed E-state index contributed by atoms with van der Waals surface area (Å²) in [6, 6.07) is 15.5. The number of methoxy groups -OCH3 is 1. The van der Waals surface area contributed by atoms with E-state index in [4.69, 9.17) is 9.47 Å². The molecule has 0 aromatic heterocycles. The molecule has 0 aliphatic carbocycles. The summed E-state index contributed by atoms with van der Waals surface area (Å²) in [5.41, 5.74) is 1.85. The van der Waals surface area contributed by atoms with Crippen molar-refractivity contribution in [2.75, 3.05) is 39.7 Å². The van der Waals surface area contributed by atoms with Gasteiger partial charge in [0.15, 0.2) is 17.5 Å². The molecule has 0 heterocycles. The number of hydrogen-bond donors (Lipinski definition) is 2. The van der Waals surface area contributed by atoms with Crippen LogP contribution in [0.2, 0.25) is 0 Å². The Balaban J connectivity index is 0.00000420. The minimum absolute atomic E-state index is 0. The molecule has 8 heteroatoms. The maximum atomic E-state index is 11.9. The van der Waals surface area contributed by atoms with E-state index in [2.05, 4.69) is 15.6 Å². The number of benzene rings is 2. The summed E-state index contributed by atoms with van der Waals surface area (Å²) in [4.78, 5) is 18.1. The molecule has 2 rings (SSSR count). The molecule has 7 nitrogen and oxygen atoms in total. The maximum absolute atomic E-state index is 11.9. The number of likely N-dealkylation sites (N-methyl/N-ethyl adjacent to an activating group) is 1. The monoisotopic (exact) mass is 512 g/mol. The van der Waals surface area contributed by atoms with Crippen molar-refractivity contribution in [2.24, 2.45) is 4.99 Å². The second-order valence-electron chi connectivity index (χ2n) is 6.22. The number of halogens is 1. The normalized spacial score (nSPS) is 10.6. The van der Waals surface area contributed by atoms with E-state index in [0.29, 0.717) is 30.6 Å². The molecular formula is C21H29IN4O3. The van der Waals surface area contributed by atoms with Crippen LogP contribution < -0.4 is 20.1 Å². The van der Waals surface area contributed by atoms with Crippen molar-refractivity contribution in [3.8, 4) is 11.5 Å². The number of nitrogens with one attached hydrogen (secondary N) is 2. The highest BCUT2D eigenvalue weighted by Crippen LogP contribution is 2.30. The predicted octanol–water partition coefficient (Wildman–Crippen LogP) is 3.36. The molecule has 0 spiro atoms. The highest BCUT2D eigenvalue weighted by molar-refractivity contribution is 14.0. The number of ether oxygens (including phenoxy) is 2. The topological polar surface area (TPSA) is 75.2 Å². The van der Waals surface area contributed by atoms with Crippen LogP contribution in [0.5, 0.6) is 11.5 Å². The zero-order valence-electron chi connectivity index (χ0n) is 17.3. The van der Waals surface area contributed by atoms with Gasteiger partial charge in [0.05, 0.1) is 26.8 Å². The van der Waals surface area contributed by atoms with Gasteiger partial charge in [-0.15, -0.1) is 24.0 Å². The largest absolute Gasteiger partial charge is 0.493 e. The molecule has 0 atom stereocenters. The average Bonchev–Trinajstić information content (AvgIpc) is 2.71. The highest BCUT2D eigenvalue weighted by atomic mass is 127. The number of anilines is 1. The van der Waals surface area contributed by atoms with Gasteiger partial charge in [0.25, 0.3) is 0 Å². The summed E-state index contributed by atoms with van der Waals surface area (Å²) in [7, 11) is 5.04. The van der Waals surface area contributed by atoms with Gasteiger partial charge in [-0.2, -0.15) is 0 Å². The molecule has 0 saturated heterocycles. The Kier molecular flexibility index (Phi) is 10.9. The Labute approximate surface area is 189 Å². The summed E-state index contributed by atoms with van der Waals surface area (Å²) >= 11 is 0. The van der Waals surface area contributed by atoms with E-state index in [9.17, 15) is 4.79 Å². The van der Waals surface area contributed by atoms with Crippen molar-refractivity contribution in [2.45, 2.75) is 13.5 Å². The number of aliphatic imine (C=N–C) groups is 1. The zero-order valence-corrected chi connectivity index (χ0v) is 19.6. The van der Waals surface area contributed by atoms with Crippen LogP contribution in [0.1, 0.15) is 12.5 Å². The molecule has 0 bridgehead atoms. The Morgan fingerprint density at radius 3 is 2.45 bits per heavy atom. The van der Waals surface area contributed by atoms with Gasteiger partial charge in [0.2, 0.25) is 5.91 Å². The maximum Gasteiger partial charge on any atom is 0.241 e. The summed E-state index contributed by atoms with van der Waals surface area (Å²) in [5, 5.41) is 6.30. The zero-order chi connectivity index (χ0) is 20.4. The smallest absolute Gasteiger partial charge is 0.241 e. The van der Waals surface area contributed by atoms with Crippen LogP contribution in [-0.4, -0.2) is 51.1 Å². The van der Waals surface area contributed by atoms with E-state index in [1.165, 1.54) is 4.90 Å². The van der Waals surface area contributed by atoms with Crippen LogP contribution in [0.4, 0.5) is 5.69 Å². The first-order valence-corrected chi connectivity index (χ1v) is 9.13. The van der Waals surface area contributed by atoms with Crippen LogP contribution >= 0.6 is 24.0 Å². The second kappa shape index (κ2) is 12.9. The third-order valence-corrected chi connectivity index (χ3v) is 3.89. The predicted molar refractivity (Wildman–Crippen MR) is 127 cm³/mol. The first-order chi connectivity index (χ1) is 13.5. The molecule has 29 heavy (non-hydrogen) atoms. The third-order valence-electron chi connectivity index (χ3n) is 3.89. The first kappa shape index (κ1) is 24.5. The van der Waals surface area contributed by atoms with Gasteiger partial charge in [0.1, 0.15) is 0 Å². The molecule has 0 unspecified atom stereocenters. The van der Waals surface area contributed by atoms with Crippen LogP contribution in [0, 0.1) is 0 Å². The lowest BCUT2D eigenvalue weighted by molar-refractivity contribution is -0.127. The van der Waals surface area contributed by atoms with E-state index in [1.54, 1.807) is 21.2 Å². The van der Waals surface area contributed by atoms with E-state index in [1.807, 2.05) is 55.5 Å². The molecule has 0 aliphatic heterocycles. The lowest BCUT2D eigenvalue weighted by Gasteiger charge is -2.16. The van der Waals surface area contributed by atoms with Crippen molar-refractivity contribution in [3.05, 3.63) is 54.1 Å². The molecule has 1 amide bonds. The first-order valence-electron chi connectivity index (χ1n) is 9.13. The van der Waals surface area contributed by atoms with Crippen LogP contribution in [-0.2, 0) is 11.3 Å². The van der Waals surface area contributed by atoms with E-state index in [0.717, 1.165) is 11.3 Å². The number of amides is 1. The summed E-state index contributed by atoms with van der Waals surface area (Å²) in [6.07, 6.45) is 0. The van der Waals surface area contributed by atoms with Crippen molar-refractivity contribution in [3.63, 3.8) is 0 Å². The van der Waals surface area contributed by atoms with Crippen LogP contribution in [0.3, 0.4) is 0 Å². The number of guanidine groups is 1. The average molecular weight is 512 g/mol. The molecule has 0 saturated carbocycles. The second-order valence-corrected chi connectivity index (χ2v) is 6.22. The Morgan fingerprint density at radius 2 is 1.83 bits per heavy atom. The van der Waals surface area contributed by atoms with E-state index in [-0.39, 0.29) is 36.4 Å². The van der Waals surface area contributed by atoms with Gasteiger partial charge in [0, 0.05) is 25.8 Å². The number of carbonyl (C=O) groups excluding carboxylic acids is 1. The van der Waals surface area contributed by atoms with Gasteiger partial charge in [-0.25, -0.2) is 4.99 Å². The van der Waals surface area contributed by atoms with Crippen molar-refractivity contribution in [1.82, 2.24) is 10.2 Å². The quantitative estimate of drug-likeness (QED) is 0.323. The fourth-order valence-corrected chi connectivity index (χ4v) is 2.37. The molecule has 0 radical (unpaired) electrons. The van der Waals surface area contributed by atoms with Gasteiger partial charge >= 0.3 is 0 Å². The minimum atomic E-state index is -0.0426. The minimum Gasteiger partial charge on any atom is -0.493 e. The lowest BCUT2D eigenvalue weighted by atomic mass is 10.2. The highest BCUT2D eigenvalue weighted by Gasteiger charge is 2.09. The van der Waals surface area contributed by atoms with Crippen LogP contribution in [0.25, 0.3) is 0 Å². The molecule has 2 N–H and O–H groups in total. The molecule has 2 aromatic rings. The van der Waals surface area contributed by atoms with Gasteiger partial charge < -0.3 is 25.0 Å². The van der Waals surface area contributed by atoms with Gasteiger partial charge in [-0.05, 0) is 24.6 Å². The summed E-state index contributed by atoms with van der Waals surface area (Å²) in [6.45, 7) is 3.08. The molecular weight excluding hydrogens is 483 g/mol. The molecule has 2 aromatic carbocycles. The lowest BCUT2D eigenvalue weighted by Crippen LogP contribution is -2.39. The fourth-order valence-electron chi connectivity index (χ4n) is 2.37. The van der Waals surface area contributed by atoms with Crippen molar-refractivity contribution in [1.29, 1.82) is 0 Å².